The molecule has 0 fully saturated rings. The van der Waals surface area contributed by atoms with Crippen molar-refractivity contribution < 1.29 is 0 Å². The highest BCUT2D eigenvalue weighted by Crippen LogP contribution is 2.37. The van der Waals surface area contributed by atoms with Crippen molar-refractivity contribution in [3.05, 3.63) is 93.2 Å². The van der Waals surface area contributed by atoms with Crippen molar-refractivity contribution >= 4 is 53.9 Å². The summed E-state index contributed by atoms with van der Waals surface area (Å²) in [7, 11) is 0. The van der Waals surface area contributed by atoms with E-state index >= 15 is 0 Å². The van der Waals surface area contributed by atoms with Gasteiger partial charge in [-0.15, -0.1) is 0 Å². The summed E-state index contributed by atoms with van der Waals surface area (Å²) < 4.78 is 0. The van der Waals surface area contributed by atoms with Crippen LogP contribution in [0.25, 0.3) is 53.9 Å². The Balaban J connectivity index is 1.99. The van der Waals surface area contributed by atoms with Crippen LogP contribution in [0, 0.1) is 0 Å². The van der Waals surface area contributed by atoms with Gasteiger partial charge in [-0.3, -0.25) is 9.59 Å². The van der Waals surface area contributed by atoms with Crippen LogP contribution in [0.1, 0.15) is 0 Å². The molecule has 6 aromatic carbocycles. The Morgan fingerprint density at radius 1 is 0.346 bits per heavy atom. The largest absolute Gasteiger partial charge is 0.289 e. The van der Waals surface area contributed by atoms with E-state index in [4.69, 9.17) is 0 Å². The Kier molecular flexibility index (Phi) is 2.41. The second-order valence-corrected chi connectivity index (χ2v) is 6.82. The van der Waals surface area contributed by atoms with Gasteiger partial charge in [0.25, 0.3) is 0 Å². The molecule has 6 aromatic rings. The molecule has 0 bridgehead atoms. The first kappa shape index (κ1) is 13.7. The third-order valence-electron chi connectivity index (χ3n) is 5.57. The predicted molar refractivity (Wildman–Crippen MR) is 109 cm³/mol. The minimum absolute atomic E-state index is 0.0782. The summed E-state index contributed by atoms with van der Waals surface area (Å²) in [5.74, 6) is 0. The SMILES string of the molecule is O=c1c2ccccc2c2c1ccc1c2ccc2c(=O)c3ccccc3c21. The number of hydrogen-bond acceptors (Lipinski definition) is 2. The third kappa shape index (κ3) is 1.48. The van der Waals surface area contributed by atoms with Crippen molar-refractivity contribution in [3.8, 4) is 0 Å². The molecule has 0 atom stereocenters. The summed E-state index contributed by atoms with van der Waals surface area (Å²) >= 11 is 0. The predicted octanol–water partition coefficient (Wildman–Crippen LogP) is 5.05. The van der Waals surface area contributed by atoms with E-state index in [0.717, 1.165) is 53.9 Å². The molecule has 6 rings (SSSR count). The summed E-state index contributed by atoms with van der Waals surface area (Å²) in [5.41, 5.74) is 0.156. The van der Waals surface area contributed by atoms with Crippen LogP contribution in [0.4, 0.5) is 0 Å². The average molecular weight is 332 g/mol. The molecular weight excluding hydrogens is 320 g/mol. The van der Waals surface area contributed by atoms with Gasteiger partial charge in [-0.1, -0.05) is 60.7 Å². The van der Waals surface area contributed by atoms with Crippen LogP contribution in [0.5, 0.6) is 0 Å². The Morgan fingerprint density at radius 2 is 0.654 bits per heavy atom. The van der Waals surface area contributed by atoms with Crippen LogP contribution in [-0.2, 0) is 0 Å². The van der Waals surface area contributed by atoms with Crippen molar-refractivity contribution in [2.75, 3.05) is 0 Å². The van der Waals surface area contributed by atoms with Gasteiger partial charge in [0.05, 0.1) is 0 Å². The first-order valence-electron chi connectivity index (χ1n) is 8.63. The molecule has 26 heavy (non-hydrogen) atoms. The lowest BCUT2D eigenvalue weighted by Gasteiger charge is -2.04. The molecule has 0 N–H and O–H groups in total. The topological polar surface area (TPSA) is 34.1 Å². The van der Waals surface area contributed by atoms with E-state index < -0.39 is 0 Å². The molecule has 0 unspecified atom stereocenters. The van der Waals surface area contributed by atoms with E-state index in [-0.39, 0.29) is 10.9 Å². The van der Waals surface area contributed by atoms with E-state index in [1.54, 1.807) is 0 Å². The zero-order valence-corrected chi connectivity index (χ0v) is 13.7. The maximum atomic E-state index is 12.8. The van der Waals surface area contributed by atoms with Gasteiger partial charge in [0.15, 0.2) is 10.9 Å². The lowest BCUT2D eigenvalue weighted by Crippen LogP contribution is -1.94. The summed E-state index contributed by atoms with van der Waals surface area (Å²) in [6.07, 6.45) is 0. The standard InChI is InChI=1S/C24H12O2/c25-23-17-7-3-1-5-13(17)21-15-9-12-20-22(16(15)10-11-19(21)23)14-6-2-4-8-18(14)24(20)26/h1-12H. The Bertz CT molecular complexity index is 1490. The molecule has 0 radical (unpaired) electrons. The zero-order valence-electron chi connectivity index (χ0n) is 13.7. The molecule has 0 spiro atoms. The van der Waals surface area contributed by atoms with Crippen LogP contribution in [-0.4, -0.2) is 0 Å². The smallest absolute Gasteiger partial charge is 0.194 e. The molecule has 2 heteroatoms. The molecule has 0 aliphatic rings. The van der Waals surface area contributed by atoms with Crippen molar-refractivity contribution in [2.45, 2.75) is 0 Å². The second kappa shape index (κ2) is 4.55. The van der Waals surface area contributed by atoms with E-state index in [9.17, 15) is 9.59 Å². The molecule has 120 valence electrons. The quantitative estimate of drug-likeness (QED) is 0.390. The molecule has 0 heterocycles. The highest BCUT2D eigenvalue weighted by molar-refractivity contribution is 6.30. The second-order valence-electron chi connectivity index (χ2n) is 6.82. The van der Waals surface area contributed by atoms with Crippen molar-refractivity contribution in [1.82, 2.24) is 0 Å². The summed E-state index contributed by atoms with van der Waals surface area (Å²) in [5, 5.41) is 9.01. The lowest BCUT2D eigenvalue weighted by atomic mass is 9.99. The monoisotopic (exact) mass is 332 g/mol. The molecule has 0 aromatic heterocycles. The summed E-state index contributed by atoms with van der Waals surface area (Å²) in [4.78, 5) is 25.5. The van der Waals surface area contributed by atoms with Gasteiger partial charge in [0.1, 0.15) is 0 Å². The van der Waals surface area contributed by atoms with Gasteiger partial charge < -0.3 is 0 Å². The zero-order chi connectivity index (χ0) is 17.4. The van der Waals surface area contributed by atoms with Gasteiger partial charge in [0, 0.05) is 32.3 Å². The maximum absolute atomic E-state index is 12.8. The minimum atomic E-state index is 0.0782. The van der Waals surface area contributed by atoms with Gasteiger partial charge in [0.2, 0.25) is 0 Å². The highest BCUT2D eigenvalue weighted by atomic mass is 16.1. The third-order valence-corrected chi connectivity index (χ3v) is 5.57. The lowest BCUT2D eigenvalue weighted by molar-refractivity contribution is 1.80. The van der Waals surface area contributed by atoms with Crippen LogP contribution in [0.3, 0.4) is 0 Å². The highest BCUT2D eigenvalue weighted by Gasteiger charge is 2.16. The van der Waals surface area contributed by atoms with Crippen LogP contribution < -0.4 is 10.9 Å². The fourth-order valence-electron chi connectivity index (χ4n) is 4.45. The van der Waals surface area contributed by atoms with Crippen LogP contribution >= 0.6 is 0 Å². The summed E-state index contributed by atoms with van der Waals surface area (Å²) in [6, 6.07) is 23.3. The maximum Gasteiger partial charge on any atom is 0.194 e. The van der Waals surface area contributed by atoms with Crippen molar-refractivity contribution in [2.24, 2.45) is 0 Å². The average Bonchev–Trinajstić information content (AvgIpc) is 3.15. The molecule has 0 saturated carbocycles. The molecule has 0 aliphatic carbocycles. The van der Waals surface area contributed by atoms with Gasteiger partial charge >= 0.3 is 0 Å². The normalized spacial score (nSPS) is 12.2. The van der Waals surface area contributed by atoms with E-state index in [1.165, 1.54) is 0 Å². The molecule has 0 aliphatic heterocycles. The van der Waals surface area contributed by atoms with E-state index in [2.05, 4.69) is 0 Å². The first-order chi connectivity index (χ1) is 12.8. The summed E-state index contributed by atoms with van der Waals surface area (Å²) in [6.45, 7) is 0. The fourth-order valence-corrected chi connectivity index (χ4v) is 4.45. The van der Waals surface area contributed by atoms with Gasteiger partial charge in [-0.25, -0.2) is 0 Å². The number of fused-ring (bicyclic) bond motifs is 9. The molecular formula is C24H12O2. The first-order valence-corrected chi connectivity index (χ1v) is 8.63. The number of rotatable bonds is 0. The number of benzene rings is 4. The van der Waals surface area contributed by atoms with Gasteiger partial charge in [-0.2, -0.15) is 0 Å². The molecule has 0 amide bonds. The minimum Gasteiger partial charge on any atom is -0.289 e. The van der Waals surface area contributed by atoms with Crippen LogP contribution in [0.15, 0.2) is 82.4 Å². The van der Waals surface area contributed by atoms with Crippen molar-refractivity contribution in [3.63, 3.8) is 0 Å². The van der Waals surface area contributed by atoms with E-state index in [0.29, 0.717) is 0 Å². The van der Waals surface area contributed by atoms with Crippen LogP contribution in [0.2, 0.25) is 0 Å². The van der Waals surface area contributed by atoms with Crippen molar-refractivity contribution in [1.29, 1.82) is 0 Å². The van der Waals surface area contributed by atoms with E-state index in [1.807, 2.05) is 72.8 Å². The Morgan fingerprint density at radius 3 is 1.08 bits per heavy atom. The fraction of sp³-hybridized carbons (Fsp3) is 0. The molecule has 0 saturated heterocycles. The van der Waals surface area contributed by atoms with Gasteiger partial charge in [-0.05, 0) is 33.7 Å². The number of hydrogen-bond donors (Lipinski definition) is 0. The Hall–Kier alpha value is -3.52. The molecule has 2 nitrogen and oxygen atoms in total. The Labute approximate surface area is 147 Å².